The number of nitrogens with one attached hydrogen (secondary N) is 1. The first-order chi connectivity index (χ1) is 8.34. The predicted octanol–water partition coefficient (Wildman–Crippen LogP) is 2.21. The lowest BCUT2D eigenvalue weighted by Gasteiger charge is -2.13. The first kappa shape index (κ1) is 14.0. The Morgan fingerprint density at radius 3 is 2.44 bits per heavy atom. The summed E-state index contributed by atoms with van der Waals surface area (Å²) < 4.78 is 42.0. The van der Waals surface area contributed by atoms with Crippen LogP contribution >= 0.6 is 0 Å². The second-order valence-corrected chi connectivity index (χ2v) is 3.34. The summed E-state index contributed by atoms with van der Waals surface area (Å²) in [5.41, 5.74) is -1.36. The zero-order valence-corrected chi connectivity index (χ0v) is 9.38. The summed E-state index contributed by atoms with van der Waals surface area (Å²) in [7, 11) is 1.08. The fraction of sp³-hybridized carbons (Fsp3) is 0.273. The average Bonchev–Trinajstić information content (AvgIpc) is 2.27. The van der Waals surface area contributed by atoms with E-state index in [4.69, 9.17) is 0 Å². The van der Waals surface area contributed by atoms with Crippen molar-refractivity contribution >= 4 is 17.6 Å². The topological polar surface area (TPSA) is 55.4 Å². The van der Waals surface area contributed by atoms with E-state index < -0.39 is 30.0 Å². The minimum atomic E-state index is -4.57. The molecule has 0 bridgehead atoms. The number of rotatable bonds is 3. The SMILES string of the molecule is COC(=O)CC(=O)Nc1ccccc1C(F)(F)F. The van der Waals surface area contributed by atoms with E-state index in [2.05, 4.69) is 4.74 Å². The van der Waals surface area contributed by atoms with E-state index in [0.29, 0.717) is 0 Å². The van der Waals surface area contributed by atoms with E-state index in [1.807, 2.05) is 5.32 Å². The number of para-hydroxylation sites is 1. The molecule has 0 saturated heterocycles. The first-order valence-electron chi connectivity index (χ1n) is 4.87. The largest absolute Gasteiger partial charge is 0.469 e. The van der Waals surface area contributed by atoms with Gasteiger partial charge in [-0.3, -0.25) is 9.59 Å². The smallest absolute Gasteiger partial charge is 0.418 e. The van der Waals surface area contributed by atoms with Crippen LogP contribution < -0.4 is 5.32 Å². The van der Waals surface area contributed by atoms with Gasteiger partial charge in [-0.25, -0.2) is 0 Å². The van der Waals surface area contributed by atoms with Crippen LogP contribution in [0.25, 0.3) is 0 Å². The van der Waals surface area contributed by atoms with Gasteiger partial charge in [0, 0.05) is 0 Å². The summed E-state index contributed by atoms with van der Waals surface area (Å²) >= 11 is 0. The van der Waals surface area contributed by atoms with Gasteiger partial charge in [-0.1, -0.05) is 12.1 Å². The molecule has 0 atom stereocenters. The number of carbonyl (C=O) groups is 2. The van der Waals surface area contributed by atoms with Crippen LogP contribution in [-0.4, -0.2) is 19.0 Å². The summed E-state index contributed by atoms with van der Waals surface area (Å²) in [4.78, 5) is 22.1. The maximum atomic E-state index is 12.6. The van der Waals surface area contributed by atoms with Crippen LogP contribution in [0.4, 0.5) is 18.9 Å². The average molecular weight is 261 g/mol. The van der Waals surface area contributed by atoms with E-state index >= 15 is 0 Å². The molecule has 0 aliphatic carbocycles. The number of ether oxygens (including phenoxy) is 1. The Morgan fingerprint density at radius 2 is 1.89 bits per heavy atom. The van der Waals surface area contributed by atoms with Gasteiger partial charge in [0.25, 0.3) is 0 Å². The van der Waals surface area contributed by atoms with E-state index in [9.17, 15) is 22.8 Å². The zero-order chi connectivity index (χ0) is 13.8. The van der Waals surface area contributed by atoms with Gasteiger partial charge in [-0.05, 0) is 12.1 Å². The highest BCUT2D eigenvalue weighted by molar-refractivity contribution is 6.02. The van der Waals surface area contributed by atoms with E-state index in [1.54, 1.807) is 0 Å². The highest BCUT2D eigenvalue weighted by atomic mass is 19.4. The summed E-state index contributed by atoms with van der Waals surface area (Å²) in [5, 5.41) is 2.02. The predicted molar refractivity (Wildman–Crippen MR) is 56.7 cm³/mol. The third-order valence-electron chi connectivity index (χ3n) is 2.04. The lowest BCUT2D eigenvalue weighted by atomic mass is 10.1. The number of esters is 1. The molecule has 1 aromatic carbocycles. The molecule has 0 radical (unpaired) electrons. The molecule has 1 N–H and O–H groups in total. The zero-order valence-electron chi connectivity index (χ0n) is 9.38. The van der Waals surface area contributed by atoms with Gasteiger partial charge in [-0.2, -0.15) is 13.2 Å². The Balaban J connectivity index is 2.85. The molecule has 0 heterocycles. The first-order valence-corrected chi connectivity index (χ1v) is 4.87. The lowest BCUT2D eigenvalue weighted by Crippen LogP contribution is -2.19. The molecule has 0 saturated carbocycles. The van der Waals surface area contributed by atoms with Gasteiger partial charge in [0.05, 0.1) is 18.4 Å². The summed E-state index contributed by atoms with van der Waals surface area (Å²) in [6.07, 6.45) is -5.21. The molecule has 0 aliphatic heterocycles. The minimum Gasteiger partial charge on any atom is -0.469 e. The Labute approximate surface area is 101 Å². The van der Waals surface area contributed by atoms with E-state index in [0.717, 1.165) is 19.2 Å². The van der Waals surface area contributed by atoms with Crippen molar-refractivity contribution in [3.63, 3.8) is 0 Å². The van der Waals surface area contributed by atoms with Crippen LogP contribution in [0.15, 0.2) is 24.3 Å². The standard InChI is InChI=1S/C11H10F3NO3/c1-18-10(17)6-9(16)15-8-5-3-2-4-7(8)11(12,13)14/h2-5H,6H2,1H3,(H,15,16). The van der Waals surface area contributed by atoms with Crippen molar-refractivity contribution in [2.24, 2.45) is 0 Å². The number of benzene rings is 1. The van der Waals surface area contributed by atoms with Crippen molar-refractivity contribution in [1.82, 2.24) is 0 Å². The van der Waals surface area contributed by atoms with Crippen molar-refractivity contribution in [3.05, 3.63) is 29.8 Å². The van der Waals surface area contributed by atoms with E-state index in [-0.39, 0.29) is 5.69 Å². The number of halogens is 3. The third kappa shape index (κ3) is 3.76. The van der Waals surface area contributed by atoms with Crippen LogP contribution in [0, 0.1) is 0 Å². The molecular weight excluding hydrogens is 251 g/mol. The number of alkyl halides is 3. The molecule has 4 nitrogen and oxygen atoms in total. The molecule has 0 spiro atoms. The van der Waals surface area contributed by atoms with Crippen molar-refractivity contribution < 1.29 is 27.5 Å². The molecule has 0 aromatic heterocycles. The highest BCUT2D eigenvalue weighted by Gasteiger charge is 2.33. The highest BCUT2D eigenvalue weighted by Crippen LogP contribution is 2.34. The minimum absolute atomic E-state index is 0.390. The Morgan fingerprint density at radius 1 is 1.28 bits per heavy atom. The summed E-state index contributed by atoms with van der Waals surface area (Å²) in [5.74, 6) is -1.68. The van der Waals surface area contributed by atoms with E-state index in [1.165, 1.54) is 12.1 Å². The molecule has 0 unspecified atom stereocenters. The molecule has 1 amide bonds. The van der Waals surface area contributed by atoms with Gasteiger partial charge in [0.15, 0.2) is 0 Å². The maximum Gasteiger partial charge on any atom is 0.418 e. The van der Waals surface area contributed by atoms with Crippen LogP contribution in [0.5, 0.6) is 0 Å². The maximum absolute atomic E-state index is 12.6. The monoisotopic (exact) mass is 261 g/mol. The van der Waals surface area contributed by atoms with Crippen LogP contribution in [0.2, 0.25) is 0 Å². The molecule has 0 aliphatic rings. The lowest BCUT2D eigenvalue weighted by molar-refractivity contribution is -0.142. The number of anilines is 1. The number of amides is 1. The summed E-state index contributed by atoms with van der Waals surface area (Å²) in [6.45, 7) is 0. The molecule has 0 fully saturated rings. The van der Waals surface area contributed by atoms with Gasteiger partial charge < -0.3 is 10.1 Å². The second kappa shape index (κ2) is 5.52. The van der Waals surface area contributed by atoms with Gasteiger partial charge in [0.1, 0.15) is 6.42 Å². The third-order valence-corrected chi connectivity index (χ3v) is 2.04. The van der Waals surface area contributed by atoms with Crippen LogP contribution in [0.1, 0.15) is 12.0 Å². The van der Waals surface area contributed by atoms with Crippen molar-refractivity contribution in [2.45, 2.75) is 12.6 Å². The summed E-state index contributed by atoms with van der Waals surface area (Å²) in [6, 6.07) is 4.51. The number of methoxy groups -OCH3 is 1. The molecule has 7 heteroatoms. The second-order valence-electron chi connectivity index (χ2n) is 3.34. The van der Waals surface area contributed by atoms with Crippen molar-refractivity contribution in [3.8, 4) is 0 Å². The Hall–Kier alpha value is -2.05. The van der Waals surface area contributed by atoms with Crippen LogP contribution in [0.3, 0.4) is 0 Å². The molecule has 1 aromatic rings. The van der Waals surface area contributed by atoms with Crippen LogP contribution in [-0.2, 0) is 20.5 Å². The fourth-order valence-electron chi connectivity index (χ4n) is 1.24. The fourth-order valence-corrected chi connectivity index (χ4v) is 1.24. The Bertz CT molecular complexity index is 457. The van der Waals surface area contributed by atoms with Gasteiger partial charge in [-0.15, -0.1) is 0 Å². The number of hydrogen-bond acceptors (Lipinski definition) is 3. The Kier molecular flexibility index (Phi) is 4.30. The molecule has 18 heavy (non-hydrogen) atoms. The normalized spacial score (nSPS) is 10.9. The van der Waals surface area contributed by atoms with Crippen molar-refractivity contribution in [1.29, 1.82) is 0 Å². The quantitative estimate of drug-likeness (QED) is 0.670. The molecule has 1 rings (SSSR count). The number of carbonyl (C=O) groups excluding carboxylic acids is 2. The number of hydrogen-bond donors (Lipinski definition) is 1. The van der Waals surface area contributed by atoms with Gasteiger partial charge >= 0.3 is 12.1 Å². The molecular formula is C11H10F3NO3. The van der Waals surface area contributed by atoms with Crippen molar-refractivity contribution in [2.75, 3.05) is 12.4 Å². The molecule has 98 valence electrons. The van der Waals surface area contributed by atoms with Gasteiger partial charge in [0.2, 0.25) is 5.91 Å².